The second-order valence-electron chi connectivity index (χ2n) is 4.33. The quantitative estimate of drug-likeness (QED) is 0.762. The molecule has 1 aromatic rings. The van der Waals surface area contributed by atoms with Crippen molar-refractivity contribution in [2.75, 3.05) is 13.2 Å². The molecular formula is C13H18F2N2O3. The molecular weight excluding hydrogens is 270 g/mol. The second kappa shape index (κ2) is 8.42. The Morgan fingerprint density at radius 1 is 1.50 bits per heavy atom. The third-order valence-electron chi connectivity index (χ3n) is 2.53. The van der Waals surface area contributed by atoms with Gasteiger partial charge in [-0.1, -0.05) is 0 Å². The number of aliphatic hydroxyl groups excluding tert-OH is 1. The van der Waals surface area contributed by atoms with Crippen LogP contribution in [0.25, 0.3) is 0 Å². The van der Waals surface area contributed by atoms with Crippen molar-refractivity contribution in [2.24, 2.45) is 0 Å². The molecule has 0 aliphatic carbocycles. The molecule has 0 aliphatic rings. The van der Waals surface area contributed by atoms with Crippen LogP contribution >= 0.6 is 0 Å². The van der Waals surface area contributed by atoms with E-state index in [2.05, 4.69) is 10.3 Å². The first kappa shape index (κ1) is 16.3. The predicted octanol–water partition coefficient (Wildman–Crippen LogP) is 1.62. The van der Waals surface area contributed by atoms with Crippen molar-refractivity contribution in [1.82, 2.24) is 10.3 Å². The van der Waals surface area contributed by atoms with Crippen LogP contribution in [0, 0.1) is 0 Å². The van der Waals surface area contributed by atoms with Crippen molar-refractivity contribution in [1.29, 1.82) is 0 Å². The Balaban J connectivity index is 2.48. The summed E-state index contributed by atoms with van der Waals surface area (Å²) in [5, 5.41) is 11.4. The Hall–Kier alpha value is -1.76. The van der Waals surface area contributed by atoms with E-state index in [0.29, 0.717) is 18.4 Å². The standard InChI is InChI=1S/C13H18F2N2O3/c1-9(3-2-6-18)17-13(19)10-4-5-12(16-7-10)20-8-11(14)15/h4-5,7,9,11,18H,2-3,6,8H2,1H3,(H,17,19). The molecule has 0 aliphatic heterocycles. The summed E-state index contributed by atoms with van der Waals surface area (Å²) in [6.45, 7) is 1.19. The molecule has 0 radical (unpaired) electrons. The van der Waals surface area contributed by atoms with Gasteiger partial charge in [0.2, 0.25) is 5.88 Å². The van der Waals surface area contributed by atoms with E-state index >= 15 is 0 Å². The Morgan fingerprint density at radius 2 is 2.25 bits per heavy atom. The first-order valence-corrected chi connectivity index (χ1v) is 6.31. The minimum absolute atomic E-state index is 0.0511. The molecule has 2 N–H and O–H groups in total. The van der Waals surface area contributed by atoms with Gasteiger partial charge in [-0.2, -0.15) is 0 Å². The zero-order valence-electron chi connectivity index (χ0n) is 11.2. The highest BCUT2D eigenvalue weighted by molar-refractivity contribution is 5.94. The number of hydrogen-bond donors (Lipinski definition) is 2. The molecule has 0 saturated heterocycles. The number of nitrogens with one attached hydrogen (secondary N) is 1. The number of carbonyl (C=O) groups is 1. The molecule has 1 aromatic heterocycles. The monoisotopic (exact) mass is 288 g/mol. The molecule has 7 heteroatoms. The molecule has 0 bridgehead atoms. The lowest BCUT2D eigenvalue weighted by Gasteiger charge is -2.13. The average molecular weight is 288 g/mol. The van der Waals surface area contributed by atoms with Crippen LogP contribution in [0.2, 0.25) is 0 Å². The fraction of sp³-hybridized carbons (Fsp3) is 0.538. The van der Waals surface area contributed by atoms with Crippen LogP contribution in [0.5, 0.6) is 5.88 Å². The normalized spacial score (nSPS) is 12.2. The zero-order chi connectivity index (χ0) is 15.0. The van der Waals surface area contributed by atoms with Gasteiger partial charge in [0.25, 0.3) is 12.3 Å². The van der Waals surface area contributed by atoms with Crippen LogP contribution in [-0.2, 0) is 0 Å². The third kappa shape index (κ3) is 5.92. The SMILES string of the molecule is CC(CCCO)NC(=O)c1ccc(OCC(F)F)nc1. The number of aromatic nitrogens is 1. The molecule has 1 amide bonds. The van der Waals surface area contributed by atoms with Gasteiger partial charge in [0.15, 0.2) is 6.61 Å². The lowest BCUT2D eigenvalue weighted by Crippen LogP contribution is -2.32. The van der Waals surface area contributed by atoms with Gasteiger partial charge in [-0.25, -0.2) is 13.8 Å². The highest BCUT2D eigenvalue weighted by Gasteiger charge is 2.11. The third-order valence-corrected chi connectivity index (χ3v) is 2.53. The molecule has 0 fully saturated rings. The summed E-state index contributed by atoms with van der Waals surface area (Å²) in [6.07, 6.45) is -0.00702. The van der Waals surface area contributed by atoms with Gasteiger partial charge in [0, 0.05) is 24.9 Å². The molecule has 0 saturated carbocycles. The first-order chi connectivity index (χ1) is 9.52. The fourth-order valence-corrected chi connectivity index (χ4v) is 1.53. The van der Waals surface area contributed by atoms with E-state index in [1.165, 1.54) is 18.3 Å². The summed E-state index contributed by atoms with van der Waals surface area (Å²) in [5.74, 6) is -0.251. The van der Waals surface area contributed by atoms with Gasteiger partial charge in [0.1, 0.15) is 0 Å². The zero-order valence-corrected chi connectivity index (χ0v) is 11.2. The number of ether oxygens (including phenoxy) is 1. The number of pyridine rings is 1. The van der Waals surface area contributed by atoms with Gasteiger partial charge in [-0.05, 0) is 25.8 Å². The molecule has 20 heavy (non-hydrogen) atoms. The van der Waals surface area contributed by atoms with Crippen LogP contribution in [0.3, 0.4) is 0 Å². The van der Waals surface area contributed by atoms with Crippen LogP contribution in [0.15, 0.2) is 18.3 Å². The van der Waals surface area contributed by atoms with Crippen LogP contribution < -0.4 is 10.1 Å². The summed E-state index contributed by atoms with van der Waals surface area (Å²) in [5.41, 5.74) is 0.324. The molecule has 1 heterocycles. The van der Waals surface area contributed by atoms with Crippen molar-refractivity contribution in [3.05, 3.63) is 23.9 Å². The van der Waals surface area contributed by atoms with E-state index in [4.69, 9.17) is 9.84 Å². The summed E-state index contributed by atoms with van der Waals surface area (Å²) in [4.78, 5) is 15.6. The highest BCUT2D eigenvalue weighted by Crippen LogP contribution is 2.09. The Kier molecular flexibility index (Phi) is 6.86. The summed E-state index contributed by atoms with van der Waals surface area (Å²) in [6, 6.07) is 2.77. The summed E-state index contributed by atoms with van der Waals surface area (Å²) >= 11 is 0. The van der Waals surface area contributed by atoms with Crippen LogP contribution in [0.1, 0.15) is 30.1 Å². The number of amides is 1. The maximum atomic E-state index is 11.9. The number of nitrogens with zero attached hydrogens (tertiary/aromatic N) is 1. The van der Waals surface area contributed by atoms with Crippen molar-refractivity contribution >= 4 is 5.91 Å². The molecule has 1 rings (SSSR count). The topological polar surface area (TPSA) is 71.5 Å². The van der Waals surface area contributed by atoms with Gasteiger partial charge in [-0.3, -0.25) is 4.79 Å². The number of rotatable bonds is 8. The minimum atomic E-state index is -2.56. The van der Waals surface area contributed by atoms with E-state index in [1.54, 1.807) is 0 Å². The van der Waals surface area contributed by atoms with E-state index in [1.807, 2.05) is 6.92 Å². The molecule has 1 atom stereocenters. The Morgan fingerprint density at radius 3 is 2.80 bits per heavy atom. The number of hydrogen-bond acceptors (Lipinski definition) is 4. The van der Waals surface area contributed by atoms with Crippen molar-refractivity contribution < 1.29 is 23.4 Å². The molecule has 0 aromatic carbocycles. The largest absolute Gasteiger partial charge is 0.472 e. The molecule has 112 valence electrons. The van der Waals surface area contributed by atoms with E-state index in [9.17, 15) is 13.6 Å². The van der Waals surface area contributed by atoms with E-state index in [0.717, 1.165) is 0 Å². The summed E-state index contributed by atoms with van der Waals surface area (Å²) in [7, 11) is 0. The van der Waals surface area contributed by atoms with Crippen molar-refractivity contribution in [3.63, 3.8) is 0 Å². The number of alkyl halides is 2. The van der Waals surface area contributed by atoms with E-state index in [-0.39, 0.29) is 24.4 Å². The fourth-order valence-electron chi connectivity index (χ4n) is 1.53. The smallest absolute Gasteiger partial charge is 0.272 e. The Labute approximate surface area is 116 Å². The maximum absolute atomic E-state index is 11.9. The number of aliphatic hydroxyl groups is 1. The van der Waals surface area contributed by atoms with Crippen molar-refractivity contribution in [3.8, 4) is 5.88 Å². The van der Waals surface area contributed by atoms with Gasteiger partial charge in [-0.15, -0.1) is 0 Å². The van der Waals surface area contributed by atoms with Gasteiger partial charge < -0.3 is 15.2 Å². The summed E-state index contributed by atoms with van der Waals surface area (Å²) < 4.78 is 28.6. The predicted molar refractivity (Wildman–Crippen MR) is 69.0 cm³/mol. The molecule has 0 spiro atoms. The first-order valence-electron chi connectivity index (χ1n) is 6.31. The molecule has 1 unspecified atom stereocenters. The minimum Gasteiger partial charge on any atom is -0.472 e. The average Bonchev–Trinajstić information content (AvgIpc) is 2.43. The van der Waals surface area contributed by atoms with E-state index < -0.39 is 13.0 Å². The highest BCUT2D eigenvalue weighted by atomic mass is 19.3. The number of carbonyl (C=O) groups excluding carboxylic acids is 1. The Bertz CT molecular complexity index is 413. The van der Waals surface area contributed by atoms with Gasteiger partial charge >= 0.3 is 0 Å². The van der Waals surface area contributed by atoms with Gasteiger partial charge in [0.05, 0.1) is 5.56 Å². The number of halogens is 2. The molecule has 5 nitrogen and oxygen atoms in total. The van der Waals surface area contributed by atoms with Crippen LogP contribution in [-0.4, -0.2) is 41.7 Å². The maximum Gasteiger partial charge on any atom is 0.272 e. The van der Waals surface area contributed by atoms with Crippen molar-refractivity contribution in [2.45, 2.75) is 32.2 Å². The van der Waals surface area contributed by atoms with Crippen LogP contribution in [0.4, 0.5) is 8.78 Å². The lowest BCUT2D eigenvalue weighted by atomic mass is 10.1. The lowest BCUT2D eigenvalue weighted by molar-refractivity contribution is 0.0794. The second-order valence-corrected chi connectivity index (χ2v) is 4.33.